The molecule has 34 heavy (non-hydrogen) atoms. The van der Waals surface area contributed by atoms with Gasteiger partial charge >= 0.3 is 6.09 Å². The number of anilines is 2. The van der Waals surface area contributed by atoms with Crippen molar-refractivity contribution < 1.29 is 18.3 Å². The number of aromatic nitrogens is 4. The van der Waals surface area contributed by atoms with Crippen LogP contribution in [0.4, 0.5) is 16.4 Å². The average molecular weight is 488 g/mol. The molecule has 11 nitrogen and oxygen atoms in total. The second-order valence-corrected chi connectivity index (χ2v) is 10.8. The molecule has 1 aliphatic rings. The highest BCUT2D eigenvalue weighted by Gasteiger charge is 2.23. The van der Waals surface area contributed by atoms with Crippen molar-refractivity contribution in [3.63, 3.8) is 0 Å². The second kappa shape index (κ2) is 9.45. The van der Waals surface area contributed by atoms with Crippen LogP contribution in [0.1, 0.15) is 43.7 Å². The number of rotatable bonds is 7. The van der Waals surface area contributed by atoms with Crippen LogP contribution in [-0.4, -0.2) is 69.5 Å². The Hall–Kier alpha value is -3.41. The maximum absolute atomic E-state index is 12.2. The minimum Gasteiger partial charge on any atom is -0.465 e. The number of piperidine rings is 1. The molecule has 0 spiro atoms. The van der Waals surface area contributed by atoms with E-state index in [-0.39, 0.29) is 17.1 Å². The van der Waals surface area contributed by atoms with Gasteiger partial charge < -0.3 is 20.6 Å². The number of hydrogen-bond donors (Lipinski definition) is 3. The highest BCUT2D eigenvalue weighted by Crippen LogP contribution is 2.23. The van der Waals surface area contributed by atoms with Gasteiger partial charge in [-0.05, 0) is 36.5 Å². The molecule has 1 atom stereocenters. The molecule has 12 heteroatoms. The number of fused-ring (bicyclic) bond motifs is 1. The summed E-state index contributed by atoms with van der Waals surface area (Å²) in [4.78, 5) is 21.2. The van der Waals surface area contributed by atoms with E-state index in [9.17, 15) is 18.3 Å². The first-order chi connectivity index (χ1) is 16.1. The minimum atomic E-state index is -3.61. The van der Waals surface area contributed by atoms with Crippen LogP contribution in [0, 0.1) is 0 Å². The lowest BCUT2D eigenvalue weighted by molar-refractivity contribution is 0.133. The van der Waals surface area contributed by atoms with Crippen molar-refractivity contribution in [1.29, 1.82) is 0 Å². The average Bonchev–Trinajstić information content (AvgIpc) is 3.22. The molecule has 1 saturated heterocycles. The van der Waals surface area contributed by atoms with E-state index in [0.717, 1.165) is 35.9 Å². The zero-order valence-electron chi connectivity index (χ0n) is 19.4. The molecule has 182 valence electrons. The molecule has 3 N–H and O–H groups in total. The van der Waals surface area contributed by atoms with Gasteiger partial charge in [0.15, 0.2) is 5.65 Å². The van der Waals surface area contributed by atoms with E-state index in [4.69, 9.17) is 0 Å². The summed E-state index contributed by atoms with van der Waals surface area (Å²) in [5.41, 5.74) is 3.13. The Kier molecular flexibility index (Phi) is 6.60. The summed E-state index contributed by atoms with van der Waals surface area (Å²) in [6.45, 7) is 5.38. The van der Waals surface area contributed by atoms with Crippen molar-refractivity contribution in [3.8, 4) is 0 Å². The minimum absolute atomic E-state index is 0.0467. The first-order valence-corrected chi connectivity index (χ1v) is 13.0. The van der Waals surface area contributed by atoms with Crippen LogP contribution >= 0.6 is 0 Å². The fourth-order valence-electron chi connectivity index (χ4n) is 4.02. The molecule has 1 aliphatic heterocycles. The molecule has 0 saturated carbocycles. The summed E-state index contributed by atoms with van der Waals surface area (Å²) in [7, 11) is -3.61. The van der Waals surface area contributed by atoms with Gasteiger partial charge in [0, 0.05) is 43.2 Å². The topological polar surface area (TPSA) is 142 Å². The molecule has 0 radical (unpaired) electrons. The van der Waals surface area contributed by atoms with Crippen LogP contribution in [0.15, 0.2) is 35.6 Å². The van der Waals surface area contributed by atoms with Gasteiger partial charge in [0.2, 0.25) is 15.8 Å². The number of carboxylic acid groups (broad SMARTS) is 1. The summed E-state index contributed by atoms with van der Waals surface area (Å²) in [6, 6.07) is 7.83. The number of likely N-dealkylation sites (tertiary alicyclic amines) is 1. The van der Waals surface area contributed by atoms with Gasteiger partial charge in [-0.3, -0.25) is 0 Å². The van der Waals surface area contributed by atoms with Crippen LogP contribution in [0.3, 0.4) is 0 Å². The van der Waals surface area contributed by atoms with Gasteiger partial charge in [-0.1, -0.05) is 26.0 Å². The highest BCUT2D eigenvalue weighted by molar-refractivity contribution is 7.90. The molecule has 0 bridgehead atoms. The molecule has 3 heterocycles. The predicted octanol–water partition coefficient (Wildman–Crippen LogP) is 2.82. The van der Waals surface area contributed by atoms with Gasteiger partial charge in [-0.25, -0.2) is 13.2 Å². The number of hydrogen-bond acceptors (Lipinski definition) is 8. The Morgan fingerprint density at radius 3 is 2.79 bits per heavy atom. The number of benzene rings is 1. The largest absolute Gasteiger partial charge is 0.465 e. The Balaban J connectivity index is 1.53. The van der Waals surface area contributed by atoms with Crippen LogP contribution in [0.5, 0.6) is 0 Å². The van der Waals surface area contributed by atoms with Crippen molar-refractivity contribution in [2.75, 3.05) is 30.0 Å². The molecule has 1 amide bonds. The van der Waals surface area contributed by atoms with Crippen LogP contribution in [-0.2, 0) is 16.4 Å². The maximum Gasteiger partial charge on any atom is 0.407 e. The van der Waals surface area contributed by atoms with Gasteiger partial charge in [0.25, 0.3) is 5.16 Å². The Morgan fingerprint density at radius 2 is 2.09 bits per heavy atom. The van der Waals surface area contributed by atoms with Crippen molar-refractivity contribution >= 4 is 33.2 Å². The molecule has 3 aromatic rings. The van der Waals surface area contributed by atoms with E-state index in [0.29, 0.717) is 31.2 Å². The summed E-state index contributed by atoms with van der Waals surface area (Å²) in [6.07, 6.45) is 3.59. The number of nitrogens with one attached hydrogen (secondary N) is 2. The molecular formula is C22H29N7O4S. The lowest BCUT2D eigenvalue weighted by atomic mass is 10.1. The van der Waals surface area contributed by atoms with Gasteiger partial charge in [0.05, 0.1) is 6.20 Å². The lowest BCUT2D eigenvalue weighted by Gasteiger charge is -2.31. The number of sulfone groups is 1. The predicted molar refractivity (Wildman–Crippen MR) is 128 cm³/mol. The van der Waals surface area contributed by atoms with Crippen LogP contribution < -0.4 is 10.6 Å². The molecule has 2 aromatic heterocycles. The number of amides is 1. The molecule has 1 aromatic carbocycles. The SMILES string of the molecule is CC(C)c1cnn2c(NCc3cccc(N[C@H]4CCCN(C(=O)O)C4)c3)nc(S(C)(=O)=O)nc12. The van der Waals surface area contributed by atoms with Crippen LogP contribution in [0.2, 0.25) is 0 Å². The molecular weight excluding hydrogens is 458 g/mol. The number of nitrogens with zero attached hydrogens (tertiary/aromatic N) is 5. The summed E-state index contributed by atoms with van der Waals surface area (Å²) in [5, 5.41) is 20.0. The standard InChI is InChI=1S/C22H29N7O4S/c1-14(2)18-12-24-29-19(18)26-21(34(3,32)33)27-20(29)23-11-15-6-4-7-16(10-15)25-17-8-5-9-28(13-17)22(30)31/h4,6-7,10,12,14,17,25H,5,8-9,11,13H2,1-3H3,(H,30,31)(H,23,26,27)/t17-/m0/s1. The summed E-state index contributed by atoms with van der Waals surface area (Å²) < 4.78 is 25.9. The van der Waals surface area contributed by atoms with E-state index in [1.165, 1.54) is 9.42 Å². The van der Waals surface area contributed by atoms with E-state index in [1.807, 2.05) is 38.1 Å². The van der Waals surface area contributed by atoms with E-state index >= 15 is 0 Å². The molecule has 0 unspecified atom stereocenters. The number of carbonyl (C=O) groups is 1. The monoisotopic (exact) mass is 487 g/mol. The van der Waals surface area contributed by atoms with E-state index in [1.54, 1.807) is 6.20 Å². The molecule has 4 rings (SSSR count). The highest BCUT2D eigenvalue weighted by atomic mass is 32.2. The smallest absolute Gasteiger partial charge is 0.407 e. The van der Waals surface area contributed by atoms with Gasteiger partial charge in [0.1, 0.15) is 0 Å². The van der Waals surface area contributed by atoms with Crippen LogP contribution in [0.25, 0.3) is 5.65 Å². The van der Waals surface area contributed by atoms with Crippen molar-refractivity contribution in [2.45, 2.75) is 50.4 Å². The first-order valence-electron chi connectivity index (χ1n) is 11.1. The van der Waals surface area contributed by atoms with Crippen molar-refractivity contribution in [2.24, 2.45) is 0 Å². The summed E-state index contributed by atoms with van der Waals surface area (Å²) in [5.74, 6) is 0.410. The fourth-order valence-corrected chi connectivity index (χ4v) is 4.52. The summed E-state index contributed by atoms with van der Waals surface area (Å²) >= 11 is 0. The third-order valence-corrected chi connectivity index (χ3v) is 6.61. The zero-order chi connectivity index (χ0) is 24.5. The van der Waals surface area contributed by atoms with Crippen molar-refractivity contribution in [3.05, 3.63) is 41.6 Å². The fraction of sp³-hybridized carbons (Fsp3) is 0.455. The molecule has 0 aliphatic carbocycles. The third-order valence-electron chi connectivity index (χ3n) is 5.77. The third kappa shape index (κ3) is 5.22. The molecule has 1 fully saturated rings. The quantitative estimate of drug-likeness (QED) is 0.458. The normalized spacial score (nSPS) is 16.7. The Labute approximate surface area is 198 Å². The second-order valence-electron chi connectivity index (χ2n) is 8.86. The van der Waals surface area contributed by atoms with E-state index in [2.05, 4.69) is 25.7 Å². The van der Waals surface area contributed by atoms with Gasteiger partial charge in [-0.15, -0.1) is 0 Å². The lowest BCUT2D eigenvalue weighted by Crippen LogP contribution is -2.44. The first kappa shape index (κ1) is 23.7. The Morgan fingerprint density at radius 1 is 1.29 bits per heavy atom. The van der Waals surface area contributed by atoms with Crippen molar-refractivity contribution in [1.82, 2.24) is 24.5 Å². The maximum atomic E-state index is 12.2. The zero-order valence-corrected chi connectivity index (χ0v) is 20.2. The van der Waals surface area contributed by atoms with E-state index < -0.39 is 15.9 Å². The van der Waals surface area contributed by atoms with Gasteiger partial charge in [-0.2, -0.15) is 19.6 Å². The Bertz CT molecular complexity index is 1310.